The molecule has 0 fully saturated rings. The van der Waals surface area contributed by atoms with Gasteiger partial charge in [-0.25, -0.2) is 10.4 Å². The normalized spacial score (nSPS) is 10.8. The minimum atomic E-state index is -0.214. The standard InChI is InChI=1S/C13H14N4O2/c1-2-10-7-12(19)16-13(15-10)17-14-8-9-3-5-11(18)6-4-9/h3-8,18H,2H2,1H3,(H2,15,16,17,19)/b14-8-. The van der Waals surface area contributed by atoms with Gasteiger partial charge in [-0.3, -0.25) is 9.78 Å². The fourth-order valence-corrected chi connectivity index (χ4v) is 1.47. The number of anilines is 1. The Balaban J connectivity index is 2.08. The van der Waals surface area contributed by atoms with Crippen LogP contribution >= 0.6 is 0 Å². The van der Waals surface area contributed by atoms with E-state index in [1.54, 1.807) is 30.5 Å². The van der Waals surface area contributed by atoms with E-state index in [0.717, 1.165) is 5.56 Å². The molecule has 0 saturated carbocycles. The van der Waals surface area contributed by atoms with E-state index in [-0.39, 0.29) is 11.3 Å². The summed E-state index contributed by atoms with van der Waals surface area (Å²) in [5.41, 5.74) is 3.97. The van der Waals surface area contributed by atoms with Gasteiger partial charge in [0.05, 0.1) is 6.21 Å². The highest BCUT2D eigenvalue weighted by atomic mass is 16.3. The number of aromatic hydroxyl groups is 1. The maximum atomic E-state index is 11.3. The van der Waals surface area contributed by atoms with E-state index in [1.165, 1.54) is 6.07 Å². The van der Waals surface area contributed by atoms with Gasteiger partial charge in [-0.2, -0.15) is 5.10 Å². The molecule has 1 aromatic carbocycles. The number of aromatic amines is 1. The number of phenolic OH excluding ortho intramolecular Hbond substituents is 1. The average molecular weight is 258 g/mol. The molecule has 6 heteroatoms. The van der Waals surface area contributed by atoms with Crippen molar-refractivity contribution < 1.29 is 5.11 Å². The zero-order valence-corrected chi connectivity index (χ0v) is 10.4. The van der Waals surface area contributed by atoms with E-state index in [0.29, 0.717) is 18.1 Å². The van der Waals surface area contributed by atoms with Crippen molar-refractivity contribution >= 4 is 12.2 Å². The molecule has 0 bridgehead atoms. The van der Waals surface area contributed by atoms with Crippen LogP contribution < -0.4 is 11.0 Å². The molecule has 19 heavy (non-hydrogen) atoms. The Morgan fingerprint density at radius 3 is 2.84 bits per heavy atom. The summed E-state index contributed by atoms with van der Waals surface area (Å²) in [4.78, 5) is 18.0. The number of phenols is 1. The minimum absolute atomic E-state index is 0.201. The Morgan fingerprint density at radius 2 is 2.16 bits per heavy atom. The van der Waals surface area contributed by atoms with E-state index in [1.807, 2.05) is 6.92 Å². The van der Waals surface area contributed by atoms with Crippen LogP contribution in [0.2, 0.25) is 0 Å². The minimum Gasteiger partial charge on any atom is -0.508 e. The summed E-state index contributed by atoms with van der Waals surface area (Å²) in [6.07, 6.45) is 2.25. The van der Waals surface area contributed by atoms with Crippen molar-refractivity contribution in [1.29, 1.82) is 0 Å². The van der Waals surface area contributed by atoms with Crippen LogP contribution in [0.15, 0.2) is 40.2 Å². The van der Waals surface area contributed by atoms with E-state index in [9.17, 15) is 4.79 Å². The lowest BCUT2D eigenvalue weighted by atomic mass is 10.2. The number of H-pyrrole nitrogens is 1. The number of aromatic nitrogens is 2. The molecule has 2 rings (SSSR count). The molecule has 0 unspecified atom stereocenters. The van der Waals surface area contributed by atoms with Crippen molar-refractivity contribution in [3.05, 3.63) is 51.9 Å². The zero-order chi connectivity index (χ0) is 13.7. The Morgan fingerprint density at radius 1 is 1.42 bits per heavy atom. The van der Waals surface area contributed by atoms with Crippen LogP contribution in [0.5, 0.6) is 5.75 Å². The van der Waals surface area contributed by atoms with Gasteiger partial charge in [0.2, 0.25) is 5.95 Å². The van der Waals surface area contributed by atoms with Gasteiger partial charge >= 0.3 is 0 Å². The molecule has 3 N–H and O–H groups in total. The van der Waals surface area contributed by atoms with Crippen LogP contribution in [0.1, 0.15) is 18.2 Å². The summed E-state index contributed by atoms with van der Waals surface area (Å²) >= 11 is 0. The summed E-state index contributed by atoms with van der Waals surface area (Å²) in [5, 5.41) is 13.1. The maximum Gasteiger partial charge on any atom is 0.252 e. The van der Waals surface area contributed by atoms with Crippen LogP contribution in [-0.2, 0) is 6.42 Å². The quantitative estimate of drug-likeness (QED) is 0.572. The first-order chi connectivity index (χ1) is 9.17. The van der Waals surface area contributed by atoms with Crippen molar-refractivity contribution in [2.24, 2.45) is 5.10 Å². The second-order valence-corrected chi connectivity index (χ2v) is 3.90. The number of nitrogens with one attached hydrogen (secondary N) is 2. The molecule has 0 saturated heterocycles. The van der Waals surface area contributed by atoms with E-state index < -0.39 is 0 Å². The van der Waals surface area contributed by atoms with E-state index in [2.05, 4.69) is 20.5 Å². The molecular formula is C13H14N4O2. The third-order valence-electron chi connectivity index (χ3n) is 2.43. The van der Waals surface area contributed by atoms with Gasteiger partial charge in [0.25, 0.3) is 5.56 Å². The molecule has 0 aliphatic heterocycles. The Bertz CT molecular complexity index is 632. The lowest BCUT2D eigenvalue weighted by Gasteiger charge is -2.01. The molecule has 0 atom stereocenters. The summed E-state index contributed by atoms with van der Waals surface area (Å²) in [5.74, 6) is 0.506. The zero-order valence-electron chi connectivity index (χ0n) is 10.4. The lowest BCUT2D eigenvalue weighted by molar-refractivity contribution is 0.475. The van der Waals surface area contributed by atoms with Gasteiger partial charge in [-0.15, -0.1) is 0 Å². The molecule has 2 aromatic rings. The molecule has 6 nitrogen and oxygen atoms in total. The van der Waals surface area contributed by atoms with Crippen LogP contribution in [0, 0.1) is 0 Å². The van der Waals surface area contributed by atoms with Crippen molar-refractivity contribution in [1.82, 2.24) is 9.97 Å². The molecule has 0 amide bonds. The van der Waals surface area contributed by atoms with E-state index >= 15 is 0 Å². The maximum absolute atomic E-state index is 11.3. The first kappa shape index (κ1) is 12.8. The predicted molar refractivity (Wildman–Crippen MR) is 73.6 cm³/mol. The van der Waals surface area contributed by atoms with E-state index in [4.69, 9.17) is 5.11 Å². The average Bonchev–Trinajstić information content (AvgIpc) is 2.40. The second kappa shape index (κ2) is 5.81. The number of nitrogens with zero attached hydrogens (tertiary/aromatic N) is 2. The van der Waals surface area contributed by atoms with Crippen LogP contribution in [-0.4, -0.2) is 21.3 Å². The smallest absolute Gasteiger partial charge is 0.252 e. The molecule has 0 aliphatic carbocycles. The summed E-state index contributed by atoms with van der Waals surface area (Å²) < 4.78 is 0. The van der Waals surface area contributed by atoms with Gasteiger partial charge in [-0.05, 0) is 36.2 Å². The molecule has 1 heterocycles. The summed E-state index contributed by atoms with van der Waals surface area (Å²) in [6.45, 7) is 1.92. The van der Waals surface area contributed by atoms with Crippen molar-refractivity contribution in [3.8, 4) is 5.75 Å². The van der Waals surface area contributed by atoms with Crippen molar-refractivity contribution in [3.63, 3.8) is 0 Å². The second-order valence-electron chi connectivity index (χ2n) is 3.90. The molecular weight excluding hydrogens is 244 g/mol. The number of rotatable bonds is 4. The highest BCUT2D eigenvalue weighted by Crippen LogP contribution is 2.07. The fourth-order valence-electron chi connectivity index (χ4n) is 1.47. The first-order valence-electron chi connectivity index (χ1n) is 5.85. The van der Waals surface area contributed by atoms with Gasteiger partial charge in [-0.1, -0.05) is 6.92 Å². The molecule has 0 radical (unpaired) electrons. The van der Waals surface area contributed by atoms with Gasteiger partial charge in [0, 0.05) is 11.8 Å². The SMILES string of the molecule is CCc1cc(=O)[nH]c(N/N=C\c2ccc(O)cc2)n1. The third kappa shape index (κ3) is 3.67. The van der Waals surface area contributed by atoms with Gasteiger partial charge in [0.1, 0.15) is 5.75 Å². The molecule has 1 aromatic heterocycles. The summed E-state index contributed by atoms with van der Waals surface area (Å²) in [6, 6.07) is 8.03. The number of benzene rings is 1. The van der Waals surface area contributed by atoms with Crippen LogP contribution in [0.3, 0.4) is 0 Å². The lowest BCUT2D eigenvalue weighted by Crippen LogP contribution is -2.11. The number of hydrogen-bond acceptors (Lipinski definition) is 5. The monoisotopic (exact) mass is 258 g/mol. The third-order valence-corrected chi connectivity index (χ3v) is 2.43. The Kier molecular flexibility index (Phi) is 3.92. The first-order valence-corrected chi connectivity index (χ1v) is 5.85. The number of hydrazone groups is 1. The Hall–Kier alpha value is -2.63. The van der Waals surface area contributed by atoms with Crippen LogP contribution in [0.4, 0.5) is 5.95 Å². The number of hydrogen-bond donors (Lipinski definition) is 3. The Labute approximate surface area is 109 Å². The molecule has 0 spiro atoms. The highest BCUT2D eigenvalue weighted by molar-refractivity contribution is 5.80. The summed E-state index contributed by atoms with van der Waals surface area (Å²) in [7, 11) is 0. The topological polar surface area (TPSA) is 90.4 Å². The van der Waals surface area contributed by atoms with Crippen LogP contribution in [0.25, 0.3) is 0 Å². The number of aryl methyl sites for hydroxylation is 1. The fraction of sp³-hybridized carbons (Fsp3) is 0.154. The molecule has 98 valence electrons. The van der Waals surface area contributed by atoms with Crippen molar-refractivity contribution in [2.75, 3.05) is 5.43 Å². The largest absolute Gasteiger partial charge is 0.508 e. The molecule has 0 aliphatic rings. The van der Waals surface area contributed by atoms with Gasteiger partial charge < -0.3 is 5.11 Å². The highest BCUT2D eigenvalue weighted by Gasteiger charge is 1.97. The van der Waals surface area contributed by atoms with Crippen molar-refractivity contribution in [2.45, 2.75) is 13.3 Å². The predicted octanol–water partition coefficient (Wildman–Crippen LogP) is 1.48. The van der Waals surface area contributed by atoms with Gasteiger partial charge in [0.15, 0.2) is 0 Å².